The molecule has 8 heteroatoms. The van der Waals surface area contributed by atoms with Gasteiger partial charge >= 0.3 is 0 Å². The largest absolute Gasteiger partial charge is 0.483 e. The Balaban J connectivity index is 2.09. The molecule has 1 fully saturated rings. The molecule has 0 radical (unpaired) electrons. The van der Waals surface area contributed by atoms with Crippen LogP contribution in [0.25, 0.3) is 0 Å². The van der Waals surface area contributed by atoms with E-state index < -0.39 is 0 Å². The number of hydrogen-bond donors (Lipinski definition) is 3. The number of rotatable bonds is 4. The smallest absolute Gasteiger partial charge is 0.260 e. The van der Waals surface area contributed by atoms with Crippen molar-refractivity contribution in [3.05, 3.63) is 23.3 Å². The summed E-state index contributed by atoms with van der Waals surface area (Å²) in [6, 6.07) is 3.61. The molecule has 2 rings (SSSR count). The van der Waals surface area contributed by atoms with Gasteiger partial charge in [0.15, 0.2) is 12.6 Å². The Kier molecular flexibility index (Phi) is 5.62. The fraction of sp³-hybridized carbons (Fsp3) is 0.438. The van der Waals surface area contributed by atoms with Gasteiger partial charge in [0.05, 0.1) is 5.69 Å². The minimum Gasteiger partial charge on any atom is -0.483 e. The standard InChI is InChI=1S/C16H24N6O2/c1-10-7-12(20-16(19)21-15(17)18)8-11(2)14(10)24-9-13(23)22-5-3-4-6-22/h7-8H,3-6,9H2,1-2H3,(H6,17,18,19,20,21). The molecule has 1 amide bonds. The number of guanidine groups is 2. The highest BCUT2D eigenvalue weighted by atomic mass is 16.5. The van der Waals surface area contributed by atoms with Gasteiger partial charge in [0, 0.05) is 13.1 Å². The molecule has 1 aliphatic heterocycles. The lowest BCUT2D eigenvalue weighted by atomic mass is 10.1. The molecule has 0 spiro atoms. The van der Waals surface area contributed by atoms with Gasteiger partial charge in [-0.1, -0.05) is 0 Å². The summed E-state index contributed by atoms with van der Waals surface area (Å²) in [7, 11) is 0. The van der Waals surface area contributed by atoms with Gasteiger partial charge in [-0.3, -0.25) is 4.79 Å². The maximum atomic E-state index is 12.1. The summed E-state index contributed by atoms with van der Waals surface area (Å²) in [5.74, 6) is 0.532. The second kappa shape index (κ2) is 7.67. The zero-order valence-corrected chi connectivity index (χ0v) is 14.1. The molecule has 8 nitrogen and oxygen atoms in total. The van der Waals surface area contributed by atoms with Crippen molar-refractivity contribution in [2.75, 3.05) is 19.7 Å². The number of nitrogens with two attached hydrogens (primary N) is 3. The predicted octanol–water partition coefficient (Wildman–Crippen LogP) is 0.524. The first-order chi connectivity index (χ1) is 11.4. The quantitative estimate of drug-likeness (QED) is 0.546. The van der Waals surface area contributed by atoms with E-state index in [9.17, 15) is 4.79 Å². The number of likely N-dealkylation sites (tertiary alicyclic amines) is 1. The first-order valence-corrected chi connectivity index (χ1v) is 7.82. The van der Waals surface area contributed by atoms with Gasteiger partial charge in [-0.25, -0.2) is 4.99 Å². The lowest BCUT2D eigenvalue weighted by molar-refractivity contribution is -0.132. The topological polar surface area (TPSA) is 132 Å². The molecule has 24 heavy (non-hydrogen) atoms. The summed E-state index contributed by atoms with van der Waals surface area (Å²) >= 11 is 0. The minimum atomic E-state index is -0.148. The molecule has 1 aromatic carbocycles. The van der Waals surface area contributed by atoms with Gasteiger partial charge in [-0.15, -0.1) is 0 Å². The number of carbonyl (C=O) groups is 1. The van der Waals surface area contributed by atoms with E-state index in [1.807, 2.05) is 18.7 Å². The maximum Gasteiger partial charge on any atom is 0.260 e. The lowest BCUT2D eigenvalue weighted by Gasteiger charge is -2.17. The summed E-state index contributed by atoms with van der Waals surface area (Å²) in [6.07, 6.45) is 2.13. The maximum absolute atomic E-state index is 12.1. The molecule has 6 N–H and O–H groups in total. The Labute approximate surface area is 141 Å². The van der Waals surface area contributed by atoms with Crippen molar-refractivity contribution in [3.8, 4) is 5.75 Å². The Morgan fingerprint density at radius 2 is 1.75 bits per heavy atom. The van der Waals surface area contributed by atoms with Crippen LogP contribution >= 0.6 is 0 Å². The summed E-state index contributed by atoms with van der Waals surface area (Å²) < 4.78 is 5.73. The molecule has 0 aromatic heterocycles. The SMILES string of the molecule is Cc1cc(N=C(N)N=C(N)N)cc(C)c1OCC(=O)N1CCCC1. The molecule has 1 aliphatic rings. The van der Waals surface area contributed by atoms with Crippen LogP contribution in [0, 0.1) is 13.8 Å². The summed E-state index contributed by atoms with van der Waals surface area (Å²) in [4.78, 5) is 21.7. The third kappa shape index (κ3) is 4.61. The van der Waals surface area contributed by atoms with Crippen LogP contribution in [0.15, 0.2) is 22.1 Å². The molecular weight excluding hydrogens is 308 g/mol. The molecule has 1 saturated heterocycles. The van der Waals surface area contributed by atoms with E-state index in [1.165, 1.54) is 0 Å². The van der Waals surface area contributed by atoms with Gasteiger partial charge in [0.2, 0.25) is 5.96 Å². The zero-order valence-electron chi connectivity index (χ0n) is 14.1. The van der Waals surface area contributed by atoms with Crippen LogP contribution in [0.1, 0.15) is 24.0 Å². The van der Waals surface area contributed by atoms with E-state index in [4.69, 9.17) is 21.9 Å². The predicted molar refractivity (Wildman–Crippen MR) is 94.3 cm³/mol. The molecule has 0 unspecified atom stereocenters. The van der Waals surface area contributed by atoms with Crippen molar-refractivity contribution in [2.24, 2.45) is 27.2 Å². The summed E-state index contributed by atoms with van der Waals surface area (Å²) in [5, 5.41) is 0. The van der Waals surface area contributed by atoms with Crippen LogP contribution in [0.4, 0.5) is 5.69 Å². The molecule has 0 atom stereocenters. The fourth-order valence-corrected chi connectivity index (χ4v) is 2.70. The number of carbonyl (C=O) groups excluding carboxylic acids is 1. The third-order valence-corrected chi connectivity index (χ3v) is 3.73. The van der Waals surface area contributed by atoms with Gasteiger partial charge < -0.3 is 26.8 Å². The highest BCUT2D eigenvalue weighted by Crippen LogP contribution is 2.28. The van der Waals surface area contributed by atoms with Crippen molar-refractivity contribution < 1.29 is 9.53 Å². The van der Waals surface area contributed by atoms with Crippen molar-refractivity contribution in [1.29, 1.82) is 0 Å². The van der Waals surface area contributed by atoms with Crippen LogP contribution in [0.3, 0.4) is 0 Å². The van der Waals surface area contributed by atoms with Gasteiger partial charge in [0.25, 0.3) is 5.91 Å². The molecule has 0 bridgehead atoms. The third-order valence-electron chi connectivity index (χ3n) is 3.73. The number of hydrogen-bond acceptors (Lipinski definition) is 3. The van der Waals surface area contributed by atoms with Crippen LogP contribution in [0.5, 0.6) is 5.75 Å². The van der Waals surface area contributed by atoms with E-state index >= 15 is 0 Å². The first kappa shape index (κ1) is 17.6. The number of benzene rings is 1. The number of aliphatic imine (C=N–C) groups is 2. The average Bonchev–Trinajstić information content (AvgIpc) is 2.99. The normalized spacial score (nSPS) is 14.6. The fourth-order valence-electron chi connectivity index (χ4n) is 2.70. The van der Waals surface area contributed by atoms with Gasteiger partial charge in [0.1, 0.15) is 5.75 Å². The second-order valence-electron chi connectivity index (χ2n) is 5.79. The Hall–Kier alpha value is -2.77. The van der Waals surface area contributed by atoms with E-state index in [-0.39, 0.29) is 24.4 Å². The summed E-state index contributed by atoms with van der Waals surface area (Å²) in [6.45, 7) is 5.45. The van der Waals surface area contributed by atoms with E-state index in [2.05, 4.69) is 9.98 Å². The van der Waals surface area contributed by atoms with E-state index in [1.54, 1.807) is 12.1 Å². The van der Waals surface area contributed by atoms with Gasteiger partial charge in [-0.05, 0) is 49.9 Å². The minimum absolute atomic E-state index is 0.0189. The Morgan fingerprint density at radius 3 is 2.29 bits per heavy atom. The van der Waals surface area contributed by atoms with Crippen LogP contribution in [-0.4, -0.2) is 42.4 Å². The molecule has 130 valence electrons. The number of ether oxygens (including phenoxy) is 1. The Bertz CT molecular complexity index is 650. The van der Waals surface area contributed by atoms with E-state index in [0.29, 0.717) is 11.4 Å². The highest BCUT2D eigenvalue weighted by Gasteiger charge is 2.19. The van der Waals surface area contributed by atoms with Crippen molar-refractivity contribution in [3.63, 3.8) is 0 Å². The highest BCUT2D eigenvalue weighted by molar-refractivity contribution is 5.93. The molecule has 1 aromatic rings. The van der Waals surface area contributed by atoms with Crippen LogP contribution < -0.4 is 21.9 Å². The Morgan fingerprint density at radius 1 is 1.17 bits per heavy atom. The first-order valence-electron chi connectivity index (χ1n) is 7.82. The summed E-state index contributed by atoms with van der Waals surface area (Å²) in [5.41, 5.74) is 18.5. The number of amides is 1. The van der Waals surface area contributed by atoms with Crippen LogP contribution in [0.2, 0.25) is 0 Å². The second-order valence-corrected chi connectivity index (χ2v) is 5.79. The monoisotopic (exact) mass is 332 g/mol. The van der Waals surface area contributed by atoms with E-state index in [0.717, 1.165) is 37.1 Å². The molecule has 0 aliphatic carbocycles. The van der Waals surface area contributed by atoms with Crippen LogP contribution in [-0.2, 0) is 4.79 Å². The van der Waals surface area contributed by atoms with Crippen molar-refractivity contribution >= 4 is 23.5 Å². The average molecular weight is 332 g/mol. The van der Waals surface area contributed by atoms with Crippen molar-refractivity contribution in [1.82, 2.24) is 4.90 Å². The molecular formula is C16H24N6O2. The van der Waals surface area contributed by atoms with Crippen molar-refractivity contribution in [2.45, 2.75) is 26.7 Å². The lowest BCUT2D eigenvalue weighted by Crippen LogP contribution is -2.32. The molecule has 0 saturated carbocycles. The number of aryl methyl sites for hydroxylation is 2. The zero-order chi connectivity index (χ0) is 17.7. The van der Waals surface area contributed by atoms with Gasteiger partial charge in [-0.2, -0.15) is 4.99 Å². The molecule has 1 heterocycles. The number of nitrogens with zero attached hydrogens (tertiary/aromatic N) is 3.